The third kappa shape index (κ3) is 4.05. The predicted molar refractivity (Wildman–Crippen MR) is 50.6 cm³/mol. The smallest absolute Gasteiger partial charge is 0.240 e. The molecule has 0 fully saturated rings. The molecule has 0 aliphatic carbocycles. The van der Waals surface area contributed by atoms with Gasteiger partial charge in [-0.15, -0.1) is 11.6 Å². The maximum Gasteiger partial charge on any atom is 0.240 e. The Morgan fingerprint density at radius 1 is 1.54 bits per heavy atom. The van der Waals surface area contributed by atoms with E-state index in [2.05, 4.69) is 15.5 Å². The molecule has 0 saturated heterocycles. The Labute approximate surface area is 82.0 Å². The first-order valence-electron chi connectivity index (χ1n) is 4.04. The molecule has 0 amide bonds. The number of hydrogen-bond donors (Lipinski definition) is 1. The first kappa shape index (κ1) is 10.2. The van der Waals surface area contributed by atoms with Crippen molar-refractivity contribution < 1.29 is 4.52 Å². The van der Waals surface area contributed by atoms with Gasteiger partial charge in [-0.3, -0.25) is 0 Å². The lowest BCUT2D eigenvalue weighted by Crippen LogP contribution is -2.13. The van der Waals surface area contributed by atoms with Crippen molar-refractivity contribution in [1.29, 1.82) is 0 Å². The molecule has 0 bridgehead atoms. The third-order valence-electron chi connectivity index (χ3n) is 1.36. The molecule has 4 nitrogen and oxygen atoms in total. The van der Waals surface area contributed by atoms with E-state index >= 15 is 0 Å². The van der Waals surface area contributed by atoms with Crippen LogP contribution in [0, 0.1) is 6.92 Å². The molecule has 1 heterocycles. The minimum atomic E-state index is 0.543. The van der Waals surface area contributed by atoms with Crippen LogP contribution in [0.1, 0.15) is 11.7 Å². The molecule has 72 valence electrons. The van der Waals surface area contributed by atoms with Crippen LogP contribution in [0.5, 0.6) is 0 Å². The van der Waals surface area contributed by atoms with Crippen molar-refractivity contribution in [1.82, 2.24) is 15.5 Å². The zero-order valence-corrected chi connectivity index (χ0v) is 8.21. The number of nitrogens with one attached hydrogen (secondary N) is 1. The SMILES string of the molecule is Cc1noc(CNC/C=C/CCl)n1. The summed E-state index contributed by atoms with van der Waals surface area (Å²) in [5.74, 6) is 1.81. The molecule has 0 aliphatic heterocycles. The molecule has 1 aromatic heterocycles. The zero-order chi connectivity index (χ0) is 9.52. The number of allylic oxidation sites excluding steroid dienone is 1. The summed E-state index contributed by atoms with van der Waals surface area (Å²) in [5, 5.41) is 6.77. The molecule has 0 atom stereocenters. The summed E-state index contributed by atoms with van der Waals surface area (Å²) >= 11 is 5.45. The molecule has 1 rings (SSSR count). The summed E-state index contributed by atoms with van der Waals surface area (Å²) < 4.78 is 4.90. The van der Waals surface area contributed by atoms with Crippen molar-refractivity contribution in [3.8, 4) is 0 Å². The molecule has 1 aromatic rings. The van der Waals surface area contributed by atoms with E-state index in [-0.39, 0.29) is 0 Å². The molecule has 1 N–H and O–H groups in total. The monoisotopic (exact) mass is 201 g/mol. The molecular formula is C8H12ClN3O. The molecule has 0 unspecified atom stereocenters. The normalized spacial score (nSPS) is 11.2. The summed E-state index contributed by atoms with van der Waals surface area (Å²) in [6, 6.07) is 0. The number of hydrogen-bond acceptors (Lipinski definition) is 4. The average molecular weight is 202 g/mol. The Balaban J connectivity index is 2.16. The van der Waals surface area contributed by atoms with Crippen molar-refractivity contribution in [2.75, 3.05) is 12.4 Å². The highest BCUT2D eigenvalue weighted by molar-refractivity contribution is 6.18. The van der Waals surface area contributed by atoms with Crippen LogP contribution in [0.15, 0.2) is 16.7 Å². The van der Waals surface area contributed by atoms with Crippen molar-refractivity contribution in [2.45, 2.75) is 13.5 Å². The van der Waals surface area contributed by atoms with E-state index in [1.807, 2.05) is 12.2 Å². The highest BCUT2D eigenvalue weighted by atomic mass is 35.5. The number of halogens is 1. The Bertz CT molecular complexity index is 272. The molecule has 0 radical (unpaired) electrons. The average Bonchev–Trinajstić information content (AvgIpc) is 2.51. The first-order valence-corrected chi connectivity index (χ1v) is 4.57. The fourth-order valence-electron chi connectivity index (χ4n) is 0.821. The van der Waals surface area contributed by atoms with E-state index in [0.29, 0.717) is 24.1 Å². The van der Waals surface area contributed by atoms with Crippen LogP contribution in [0.2, 0.25) is 0 Å². The van der Waals surface area contributed by atoms with E-state index in [4.69, 9.17) is 16.1 Å². The maximum atomic E-state index is 5.45. The predicted octanol–water partition coefficient (Wildman–Crippen LogP) is 1.26. The zero-order valence-electron chi connectivity index (χ0n) is 7.46. The number of alkyl halides is 1. The van der Waals surface area contributed by atoms with Crippen LogP contribution in [0.3, 0.4) is 0 Å². The first-order chi connectivity index (χ1) is 6.33. The van der Waals surface area contributed by atoms with Gasteiger partial charge in [0.2, 0.25) is 5.89 Å². The summed E-state index contributed by atoms with van der Waals surface area (Å²) in [7, 11) is 0. The van der Waals surface area contributed by atoms with Gasteiger partial charge in [0, 0.05) is 12.4 Å². The van der Waals surface area contributed by atoms with Crippen molar-refractivity contribution >= 4 is 11.6 Å². The van der Waals surface area contributed by atoms with Crippen molar-refractivity contribution in [3.63, 3.8) is 0 Å². The van der Waals surface area contributed by atoms with Gasteiger partial charge >= 0.3 is 0 Å². The minimum Gasteiger partial charge on any atom is -0.338 e. The molecule has 13 heavy (non-hydrogen) atoms. The summed E-state index contributed by atoms with van der Waals surface area (Å²) in [6.07, 6.45) is 3.84. The number of aryl methyl sites for hydroxylation is 1. The fourth-order valence-corrected chi connectivity index (χ4v) is 0.947. The Morgan fingerprint density at radius 2 is 2.38 bits per heavy atom. The Kier molecular flexibility index (Phi) is 4.49. The second-order valence-corrected chi connectivity index (χ2v) is 2.80. The second kappa shape index (κ2) is 5.72. The molecule has 0 spiro atoms. The van der Waals surface area contributed by atoms with E-state index < -0.39 is 0 Å². The highest BCUT2D eigenvalue weighted by Gasteiger charge is 1.99. The van der Waals surface area contributed by atoms with Crippen LogP contribution in [-0.4, -0.2) is 22.6 Å². The van der Waals surface area contributed by atoms with Gasteiger partial charge < -0.3 is 9.84 Å². The molecule has 0 saturated carbocycles. The molecule has 0 aliphatic rings. The van der Waals surface area contributed by atoms with E-state index in [1.54, 1.807) is 6.92 Å². The van der Waals surface area contributed by atoms with Gasteiger partial charge in [0.05, 0.1) is 6.54 Å². The van der Waals surface area contributed by atoms with Crippen LogP contribution in [-0.2, 0) is 6.54 Å². The highest BCUT2D eigenvalue weighted by Crippen LogP contribution is 1.93. The van der Waals surface area contributed by atoms with E-state index in [9.17, 15) is 0 Å². The lowest BCUT2D eigenvalue weighted by Gasteiger charge is -1.94. The molecule has 5 heteroatoms. The van der Waals surface area contributed by atoms with Crippen LogP contribution in [0.4, 0.5) is 0 Å². The fraction of sp³-hybridized carbons (Fsp3) is 0.500. The lowest BCUT2D eigenvalue weighted by atomic mass is 10.5. The Hall–Kier alpha value is -0.870. The van der Waals surface area contributed by atoms with Gasteiger partial charge in [0.15, 0.2) is 5.82 Å². The standard InChI is InChI=1S/C8H12ClN3O/c1-7-11-8(13-12-7)6-10-5-3-2-4-9/h2-3,10H,4-6H2,1H3/b3-2+. The summed E-state index contributed by atoms with van der Waals surface area (Å²) in [5.41, 5.74) is 0. The lowest BCUT2D eigenvalue weighted by molar-refractivity contribution is 0.366. The summed E-state index contributed by atoms with van der Waals surface area (Å²) in [4.78, 5) is 4.04. The van der Waals surface area contributed by atoms with Gasteiger partial charge in [-0.1, -0.05) is 17.3 Å². The third-order valence-corrected chi connectivity index (χ3v) is 1.54. The number of nitrogens with zero attached hydrogens (tertiary/aromatic N) is 2. The topological polar surface area (TPSA) is 51.0 Å². The van der Waals surface area contributed by atoms with Crippen LogP contribution >= 0.6 is 11.6 Å². The van der Waals surface area contributed by atoms with Gasteiger partial charge in [0.1, 0.15) is 0 Å². The molecular weight excluding hydrogens is 190 g/mol. The minimum absolute atomic E-state index is 0.543. The Morgan fingerprint density at radius 3 is 3.00 bits per heavy atom. The summed E-state index contributed by atoms with van der Waals surface area (Å²) in [6.45, 7) is 3.14. The molecule has 0 aromatic carbocycles. The largest absolute Gasteiger partial charge is 0.338 e. The number of aromatic nitrogens is 2. The second-order valence-electron chi connectivity index (χ2n) is 2.49. The van der Waals surface area contributed by atoms with E-state index in [0.717, 1.165) is 6.54 Å². The quantitative estimate of drug-likeness (QED) is 0.443. The van der Waals surface area contributed by atoms with Gasteiger partial charge in [0.25, 0.3) is 0 Å². The van der Waals surface area contributed by atoms with Crippen LogP contribution < -0.4 is 5.32 Å². The van der Waals surface area contributed by atoms with Gasteiger partial charge in [-0.2, -0.15) is 4.98 Å². The maximum absolute atomic E-state index is 5.45. The van der Waals surface area contributed by atoms with Gasteiger partial charge in [-0.25, -0.2) is 0 Å². The van der Waals surface area contributed by atoms with Crippen molar-refractivity contribution in [3.05, 3.63) is 23.9 Å². The van der Waals surface area contributed by atoms with E-state index in [1.165, 1.54) is 0 Å². The van der Waals surface area contributed by atoms with Crippen LogP contribution in [0.25, 0.3) is 0 Å². The van der Waals surface area contributed by atoms with Gasteiger partial charge in [-0.05, 0) is 6.92 Å². The van der Waals surface area contributed by atoms with Crippen molar-refractivity contribution in [2.24, 2.45) is 0 Å². The number of rotatable bonds is 5.